The molecular weight excluding hydrogens is 318 g/mol. The highest BCUT2D eigenvalue weighted by Gasteiger charge is 2.37. The third kappa shape index (κ3) is 2.73. The molecule has 0 aliphatic rings. The lowest BCUT2D eigenvalue weighted by Crippen LogP contribution is -2.44. The van der Waals surface area contributed by atoms with E-state index in [1.54, 1.807) is 24.3 Å². The summed E-state index contributed by atoms with van der Waals surface area (Å²) >= 11 is 0.847. The molecule has 0 fully saturated rings. The molecule has 0 aliphatic carbocycles. The Morgan fingerprint density at radius 1 is 1.38 bits per heavy atom. The van der Waals surface area contributed by atoms with Crippen molar-refractivity contribution in [2.24, 2.45) is 5.73 Å². The van der Waals surface area contributed by atoms with E-state index >= 15 is 0 Å². The van der Waals surface area contributed by atoms with Crippen LogP contribution in [0, 0.1) is 0 Å². The first kappa shape index (κ1) is 15.4. The van der Waals surface area contributed by atoms with Crippen molar-refractivity contribution in [2.75, 3.05) is 13.7 Å². The second-order valence-corrected chi connectivity index (χ2v) is 6.78. The van der Waals surface area contributed by atoms with Crippen LogP contribution in [0.15, 0.2) is 28.6 Å². The van der Waals surface area contributed by atoms with Gasteiger partial charge in [-0.05, 0) is 12.1 Å². The van der Waals surface area contributed by atoms with Crippen molar-refractivity contribution in [2.45, 2.75) is 4.34 Å². The van der Waals surface area contributed by atoms with E-state index in [0.29, 0.717) is 10.2 Å². The molecule has 10 heteroatoms. The number of thiazole rings is 1. The van der Waals surface area contributed by atoms with Crippen molar-refractivity contribution in [1.82, 2.24) is 9.29 Å². The molecule has 1 heterocycles. The summed E-state index contributed by atoms with van der Waals surface area (Å²) in [4.78, 5) is 27.1. The molecule has 0 bridgehead atoms. The van der Waals surface area contributed by atoms with Crippen molar-refractivity contribution < 1.29 is 22.7 Å². The molecule has 0 saturated carbocycles. The molecule has 0 radical (unpaired) electrons. The van der Waals surface area contributed by atoms with E-state index in [2.05, 4.69) is 9.72 Å². The Morgan fingerprint density at radius 2 is 2.05 bits per heavy atom. The first-order valence-electron chi connectivity index (χ1n) is 5.63. The predicted molar refractivity (Wildman–Crippen MR) is 75.1 cm³/mol. The van der Waals surface area contributed by atoms with Crippen LogP contribution in [0.5, 0.6) is 0 Å². The number of ether oxygens (including phenoxy) is 1. The molecule has 2 amide bonds. The van der Waals surface area contributed by atoms with Crippen molar-refractivity contribution in [3.63, 3.8) is 0 Å². The van der Waals surface area contributed by atoms with Crippen LogP contribution in [0.2, 0.25) is 0 Å². The molecular formula is C11H11N3O5S2. The van der Waals surface area contributed by atoms with Crippen LogP contribution in [0.3, 0.4) is 0 Å². The third-order valence-corrected chi connectivity index (χ3v) is 5.56. The predicted octanol–water partition coefficient (Wildman–Crippen LogP) is 0.539. The van der Waals surface area contributed by atoms with Gasteiger partial charge in [-0.15, -0.1) is 15.6 Å². The smallest absolute Gasteiger partial charge is 0.430 e. The standard InChI is InChI=1S/C11H11N3O5S2/c1-19-11(16)14(9(15)6-12)21(17,18)10-13-7-4-2-3-5-8(7)20-10/h2-5H,6,12H2,1H3. The Morgan fingerprint density at radius 3 is 2.62 bits per heavy atom. The zero-order chi connectivity index (χ0) is 15.6. The van der Waals surface area contributed by atoms with Crippen molar-refractivity contribution in [1.29, 1.82) is 0 Å². The number of carbonyl (C=O) groups excluding carboxylic acids is 2. The number of sulfonamides is 1. The summed E-state index contributed by atoms with van der Waals surface area (Å²) in [5.41, 5.74) is 5.58. The van der Waals surface area contributed by atoms with Gasteiger partial charge in [-0.25, -0.2) is 9.78 Å². The average molecular weight is 329 g/mol. The van der Waals surface area contributed by atoms with Crippen LogP contribution in [-0.4, -0.2) is 43.4 Å². The molecule has 1 aromatic heterocycles. The number of hydrogen-bond donors (Lipinski definition) is 1. The number of amides is 2. The van der Waals surface area contributed by atoms with Gasteiger partial charge in [-0.1, -0.05) is 12.1 Å². The molecule has 8 nitrogen and oxygen atoms in total. The number of hydrogen-bond acceptors (Lipinski definition) is 8. The highest BCUT2D eigenvalue weighted by atomic mass is 32.2. The number of nitrogens with two attached hydrogens (primary N) is 1. The van der Waals surface area contributed by atoms with E-state index in [0.717, 1.165) is 18.4 Å². The number of methoxy groups -OCH3 is 1. The molecule has 0 atom stereocenters. The summed E-state index contributed by atoms with van der Waals surface area (Å²) in [6.45, 7) is -0.654. The first-order valence-corrected chi connectivity index (χ1v) is 7.89. The van der Waals surface area contributed by atoms with Crippen LogP contribution in [0.1, 0.15) is 0 Å². The van der Waals surface area contributed by atoms with Crippen LogP contribution in [0.4, 0.5) is 4.79 Å². The Hall–Kier alpha value is -2.04. The van der Waals surface area contributed by atoms with Crippen LogP contribution in [-0.2, 0) is 19.6 Å². The number of benzene rings is 1. The number of nitrogens with zero attached hydrogens (tertiary/aromatic N) is 2. The Kier molecular flexibility index (Phi) is 4.21. The Bertz CT molecular complexity index is 750. The molecule has 0 unspecified atom stereocenters. The molecule has 112 valence electrons. The Labute approximate surface area is 124 Å². The molecule has 1 aromatic carbocycles. The van der Waals surface area contributed by atoms with Gasteiger partial charge in [0.25, 0.3) is 5.91 Å². The lowest BCUT2D eigenvalue weighted by Gasteiger charge is -2.16. The average Bonchev–Trinajstić information content (AvgIpc) is 2.91. The summed E-state index contributed by atoms with van der Waals surface area (Å²) in [6, 6.07) is 6.72. The van der Waals surface area contributed by atoms with Crippen LogP contribution >= 0.6 is 11.3 Å². The third-order valence-electron chi connectivity index (χ3n) is 2.48. The number of para-hydroxylation sites is 1. The van der Waals surface area contributed by atoms with Gasteiger partial charge in [-0.2, -0.15) is 8.42 Å². The fraction of sp³-hybridized carbons (Fsp3) is 0.182. The number of carbonyl (C=O) groups is 2. The highest BCUT2D eigenvalue weighted by molar-refractivity contribution is 7.92. The molecule has 2 N–H and O–H groups in total. The number of aromatic nitrogens is 1. The number of rotatable bonds is 3. The summed E-state index contributed by atoms with van der Waals surface area (Å²) in [5, 5.41) is 0. The van der Waals surface area contributed by atoms with Gasteiger partial charge < -0.3 is 10.5 Å². The van der Waals surface area contributed by atoms with Crippen molar-refractivity contribution >= 4 is 43.6 Å². The van der Waals surface area contributed by atoms with Crippen molar-refractivity contribution in [3.8, 4) is 0 Å². The van der Waals surface area contributed by atoms with Gasteiger partial charge in [0.1, 0.15) is 0 Å². The lowest BCUT2D eigenvalue weighted by atomic mass is 10.3. The summed E-state index contributed by atoms with van der Waals surface area (Å²) in [6.07, 6.45) is -1.33. The molecule has 0 spiro atoms. The first-order chi connectivity index (χ1) is 9.91. The summed E-state index contributed by atoms with van der Waals surface area (Å²) in [7, 11) is -3.48. The van der Waals surface area contributed by atoms with E-state index in [4.69, 9.17) is 5.73 Å². The van der Waals surface area contributed by atoms with Gasteiger partial charge in [0.15, 0.2) is 0 Å². The minimum atomic E-state index is -4.45. The van der Waals surface area contributed by atoms with E-state index in [1.807, 2.05) is 0 Å². The lowest BCUT2D eigenvalue weighted by molar-refractivity contribution is -0.123. The van der Waals surface area contributed by atoms with Crippen molar-refractivity contribution in [3.05, 3.63) is 24.3 Å². The van der Waals surface area contributed by atoms with Gasteiger partial charge >= 0.3 is 16.1 Å². The monoisotopic (exact) mass is 329 g/mol. The van der Waals surface area contributed by atoms with Gasteiger partial charge in [0.05, 0.1) is 23.9 Å². The van der Waals surface area contributed by atoms with E-state index in [1.165, 1.54) is 0 Å². The summed E-state index contributed by atoms with van der Waals surface area (Å²) < 4.78 is 29.3. The van der Waals surface area contributed by atoms with E-state index in [-0.39, 0.29) is 8.64 Å². The minimum Gasteiger partial charge on any atom is -0.452 e. The number of fused-ring (bicyclic) bond motifs is 1. The largest absolute Gasteiger partial charge is 0.452 e. The van der Waals surface area contributed by atoms with Crippen LogP contribution in [0.25, 0.3) is 10.2 Å². The maximum Gasteiger partial charge on any atom is 0.430 e. The fourth-order valence-electron chi connectivity index (χ4n) is 1.54. The van der Waals surface area contributed by atoms with E-state index in [9.17, 15) is 18.0 Å². The summed E-state index contributed by atoms with van der Waals surface area (Å²) in [5.74, 6) is -1.10. The molecule has 2 aromatic rings. The maximum atomic E-state index is 12.4. The quantitative estimate of drug-likeness (QED) is 0.872. The number of imide groups is 1. The Balaban J connectivity index is 2.56. The molecule has 2 rings (SSSR count). The highest BCUT2D eigenvalue weighted by Crippen LogP contribution is 2.27. The second kappa shape index (κ2) is 5.76. The van der Waals surface area contributed by atoms with Crippen LogP contribution < -0.4 is 5.73 Å². The molecule has 0 aliphatic heterocycles. The zero-order valence-electron chi connectivity index (χ0n) is 10.8. The SMILES string of the molecule is COC(=O)N(C(=O)CN)S(=O)(=O)c1nc2ccccc2s1. The second-order valence-electron chi connectivity index (χ2n) is 3.78. The van der Waals surface area contributed by atoms with Gasteiger partial charge in [-0.3, -0.25) is 4.79 Å². The normalized spacial score (nSPS) is 11.3. The van der Waals surface area contributed by atoms with Gasteiger partial charge in [0, 0.05) is 0 Å². The molecule has 21 heavy (non-hydrogen) atoms. The fourth-order valence-corrected chi connectivity index (χ4v) is 4.13. The topological polar surface area (TPSA) is 120 Å². The van der Waals surface area contributed by atoms with Gasteiger partial charge in [0.2, 0.25) is 4.34 Å². The minimum absolute atomic E-state index is 0.00921. The van der Waals surface area contributed by atoms with E-state index < -0.39 is 28.6 Å². The molecule has 0 saturated heterocycles. The zero-order valence-corrected chi connectivity index (χ0v) is 12.5. The maximum absolute atomic E-state index is 12.4.